The van der Waals surface area contributed by atoms with Gasteiger partial charge in [0.25, 0.3) is 0 Å². The second-order valence-corrected chi connectivity index (χ2v) is 5.98. The maximum Gasteiger partial charge on any atom is 0.191 e. The molecule has 5 nitrogen and oxygen atoms in total. The zero-order valence-corrected chi connectivity index (χ0v) is 17.1. The van der Waals surface area contributed by atoms with Crippen LogP contribution in [0.15, 0.2) is 4.99 Å². The summed E-state index contributed by atoms with van der Waals surface area (Å²) in [6.07, 6.45) is 6.44. The summed E-state index contributed by atoms with van der Waals surface area (Å²) < 4.78 is 0. The molecule has 22 heavy (non-hydrogen) atoms. The monoisotopic (exact) mass is 425 g/mol. The molecule has 0 aliphatic carbocycles. The molecule has 1 aliphatic heterocycles. The largest absolute Gasteiger partial charge is 0.356 e. The summed E-state index contributed by atoms with van der Waals surface area (Å²) >= 11 is 0. The van der Waals surface area contributed by atoms with Crippen LogP contribution in [0.2, 0.25) is 0 Å². The Labute approximate surface area is 154 Å². The number of nitrogens with one attached hydrogen (secondary N) is 2. The number of halogens is 1. The molecule has 1 heterocycles. The summed E-state index contributed by atoms with van der Waals surface area (Å²) in [5, 5.41) is 6.82. The van der Waals surface area contributed by atoms with Gasteiger partial charge < -0.3 is 20.4 Å². The average Bonchev–Trinajstić information content (AvgIpc) is 2.70. The number of aliphatic imine (C=N–C) groups is 1. The van der Waals surface area contributed by atoms with E-state index in [1.165, 1.54) is 58.3 Å². The lowest BCUT2D eigenvalue weighted by atomic mass is 10.2. The minimum absolute atomic E-state index is 0. The number of rotatable bonds is 8. The Morgan fingerprint density at radius 1 is 1.00 bits per heavy atom. The normalized spacial score (nSPS) is 17.7. The van der Waals surface area contributed by atoms with Crippen LogP contribution in [0.1, 0.15) is 39.0 Å². The highest BCUT2D eigenvalue weighted by Gasteiger charge is 2.11. The van der Waals surface area contributed by atoms with Crippen LogP contribution < -0.4 is 10.6 Å². The molecule has 0 aromatic carbocycles. The van der Waals surface area contributed by atoms with E-state index in [2.05, 4.69) is 39.4 Å². The van der Waals surface area contributed by atoms with Crippen molar-refractivity contribution in [2.45, 2.75) is 39.0 Å². The Morgan fingerprint density at radius 3 is 2.50 bits per heavy atom. The van der Waals surface area contributed by atoms with Crippen molar-refractivity contribution in [1.82, 2.24) is 20.4 Å². The van der Waals surface area contributed by atoms with Gasteiger partial charge in [0, 0.05) is 39.8 Å². The van der Waals surface area contributed by atoms with Crippen LogP contribution in [-0.4, -0.2) is 75.7 Å². The maximum absolute atomic E-state index is 4.29. The molecule has 0 bridgehead atoms. The van der Waals surface area contributed by atoms with E-state index in [-0.39, 0.29) is 24.0 Å². The standard InChI is InChI=1S/C16H35N5.HI/c1-4-5-6-7-9-18-16(17-2)19-10-13-21-12-8-11-20(3)14-15-21;/h4-15H2,1-3H3,(H2,17,18,19);1H. The van der Waals surface area contributed by atoms with Gasteiger partial charge in [-0.2, -0.15) is 0 Å². The summed E-state index contributed by atoms with van der Waals surface area (Å²) in [6, 6.07) is 0. The maximum atomic E-state index is 4.29. The van der Waals surface area contributed by atoms with E-state index in [0.29, 0.717) is 0 Å². The molecule has 0 aromatic rings. The SMILES string of the molecule is CCCCCCNC(=NC)NCCN1CCCN(C)CC1.I. The summed E-state index contributed by atoms with van der Waals surface area (Å²) in [4.78, 5) is 9.25. The predicted molar refractivity (Wildman–Crippen MR) is 107 cm³/mol. The summed E-state index contributed by atoms with van der Waals surface area (Å²) in [5.74, 6) is 0.943. The highest BCUT2D eigenvalue weighted by molar-refractivity contribution is 14.0. The highest BCUT2D eigenvalue weighted by atomic mass is 127. The van der Waals surface area contributed by atoms with Gasteiger partial charge in [0.1, 0.15) is 0 Å². The van der Waals surface area contributed by atoms with E-state index in [1.807, 2.05) is 7.05 Å². The highest BCUT2D eigenvalue weighted by Crippen LogP contribution is 2.00. The number of likely N-dealkylation sites (N-methyl/N-ethyl adjacent to an activating group) is 1. The van der Waals surface area contributed by atoms with Crippen molar-refractivity contribution in [2.75, 3.05) is 59.9 Å². The van der Waals surface area contributed by atoms with Crippen LogP contribution in [0.3, 0.4) is 0 Å². The molecular formula is C16H36IN5. The first-order chi connectivity index (χ1) is 10.3. The number of hydrogen-bond acceptors (Lipinski definition) is 3. The van der Waals surface area contributed by atoms with Gasteiger partial charge in [0.15, 0.2) is 5.96 Å². The van der Waals surface area contributed by atoms with Gasteiger partial charge in [0.2, 0.25) is 0 Å². The Kier molecular flexibility index (Phi) is 14.5. The lowest BCUT2D eigenvalue weighted by Gasteiger charge is -2.21. The van der Waals surface area contributed by atoms with Crippen LogP contribution >= 0.6 is 24.0 Å². The fraction of sp³-hybridized carbons (Fsp3) is 0.938. The molecule has 2 N–H and O–H groups in total. The van der Waals surface area contributed by atoms with Gasteiger partial charge in [-0.1, -0.05) is 26.2 Å². The third-order valence-corrected chi connectivity index (χ3v) is 4.08. The van der Waals surface area contributed by atoms with Crippen LogP contribution in [0.5, 0.6) is 0 Å². The Balaban J connectivity index is 0.00000441. The van der Waals surface area contributed by atoms with Crippen molar-refractivity contribution in [3.63, 3.8) is 0 Å². The van der Waals surface area contributed by atoms with Crippen molar-refractivity contribution in [3.8, 4) is 0 Å². The number of unbranched alkanes of at least 4 members (excludes halogenated alkanes) is 3. The minimum atomic E-state index is 0. The molecule has 0 radical (unpaired) electrons. The summed E-state index contributed by atoms with van der Waals surface area (Å²) in [5.41, 5.74) is 0. The number of guanidine groups is 1. The van der Waals surface area contributed by atoms with Crippen molar-refractivity contribution < 1.29 is 0 Å². The van der Waals surface area contributed by atoms with Crippen LogP contribution in [0.4, 0.5) is 0 Å². The smallest absolute Gasteiger partial charge is 0.191 e. The summed E-state index contributed by atoms with van der Waals surface area (Å²) in [7, 11) is 4.06. The molecule has 0 unspecified atom stereocenters. The van der Waals surface area contributed by atoms with Crippen molar-refractivity contribution in [1.29, 1.82) is 0 Å². The van der Waals surface area contributed by atoms with Gasteiger partial charge >= 0.3 is 0 Å². The van der Waals surface area contributed by atoms with Crippen LogP contribution in [0, 0.1) is 0 Å². The molecule has 0 spiro atoms. The predicted octanol–water partition coefficient (Wildman–Crippen LogP) is 1.99. The summed E-state index contributed by atoms with van der Waals surface area (Å²) in [6.45, 7) is 10.1. The van der Waals surface area contributed by atoms with E-state index in [9.17, 15) is 0 Å². The Morgan fingerprint density at radius 2 is 1.77 bits per heavy atom. The molecule has 1 fully saturated rings. The lowest BCUT2D eigenvalue weighted by Crippen LogP contribution is -2.42. The molecule has 6 heteroatoms. The first-order valence-corrected chi connectivity index (χ1v) is 8.61. The molecule has 0 aromatic heterocycles. The minimum Gasteiger partial charge on any atom is -0.356 e. The van der Waals surface area contributed by atoms with E-state index >= 15 is 0 Å². The molecule has 1 aliphatic rings. The molecular weight excluding hydrogens is 389 g/mol. The Bertz CT molecular complexity index is 286. The van der Waals surface area contributed by atoms with Crippen LogP contribution in [-0.2, 0) is 0 Å². The topological polar surface area (TPSA) is 42.9 Å². The molecule has 0 saturated carbocycles. The second kappa shape index (κ2) is 14.5. The van der Waals surface area contributed by atoms with E-state index in [4.69, 9.17) is 0 Å². The lowest BCUT2D eigenvalue weighted by molar-refractivity contribution is 0.280. The first kappa shape index (κ1) is 21.9. The fourth-order valence-corrected chi connectivity index (χ4v) is 2.64. The number of nitrogens with zero attached hydrogens (tertiary/aromatic N) is 3. The number of hydrogen-bond donors (Lipinski definition) is 2. The van der Waals surface area contributed by atoms with E-state index in [0.717, 1.165) is 25.6 Å². The third kappa shape index (κ3) is 10.6. The van der Waals surface area contributed by atoms with Crippen LogP contribution in [0.25, 0.3) is 0 Å². The Hall–Kier alpha value is -0.0800. The zero-order chi connectivity index (χ0) is 15.3. The third-order valence-electron chi connectivity index (χ3n) is 4.08. The van der Waals surface area contributed by atoms with Crippen molar-refractivity contribution in [2.24, 2.45) is 4.99 Å². The average molecular weight is 425 g/mol. The van der Waals surface area contributed by atoms with Gasteiger partial charge in [-0.15, -0.1) is 24.0 Å². The molecule has 132 valence electrons. The molecule has 1 rings (SSSR count). The zero-order valence-electron chi connectivity index (χ0n) is 14.7. The van der Waals surface area contributed by atoms with E-state index in [1.54, 1.807) is 0 Å². The van der Waals surface area contributed by atoms with Crippen molar-refractivity contribution in [3.05, 3.63) is 0 Å². The first-order valence-electron chi connectivity index (χ1n) is 8.61. The molecule has 0 atom stereocenters. The van der Waals surface area contributed by atoms with Gasteiger partial charge in [-0.25, -0.2) is 0 Å². The molecule has 0 amide bonds. The quantitative estimate of drug-likeness (QED) is 0.270. The second-order valence-electron chi connectivity index (χ2n) is 5.98. The molecule has 1 saturated heterocycles. The van der Waals surface area contributed by atoms with Gasteiger partial charge in [-0.05, 0) is 33.0 Å². The fourth-order valence-electron chi connectivity index (χ4n) is 2.64. The van der Waals surface area contributed by atoms with E-state index < -0.39 is 0 Å². The van der Waals surface area contributed by atoms with Gasteiger partial charge in [0.05, 0.1) is 0 Å². The van der Waals surface area contributed by atoms with Crippen molar-refractivity contribution >= 4 is 29.9 Å². The van der Waals surface area contributed by atoms with Gasteiger partial charge in [-0.3, -0.25) is 4.99 Å².